The van der Waals surface area contributed by atoms with E-state index < -0.39 is 22.6 Å². The van der Waals surface area contributed by atoms with Crippen molar-refractivity contribution in [1.82, 2.24) is 9.80 Å². The van der Waals surface area contributed by atoms with E-state index in [0.29, 0.717) is 25.8 Å². The zero-order valence-electron chi connectivity index (χ0n) is 20.9. The van der Waals surface area contributed by atoms with E-state index in [1.807, 2.05) is 11.8 Å². The van der Waals surface area contributed by atoms with Gasteiger partial charge in [-0.25, -0.2) is 0 Å². The third kappa shape index (κ3) is 5.23. The molecule has 1 N–H and O–H groups in total. The number of ether oxygens (including phenoxy) is 1. The van der Waals surface area contributed by atoms with E-state index >= 15 is 0 Å². The van der Waals surface area contributed by atoms with Crippen LogP contribution in [0.4, 0.5) is 0 Å². The number of rotatable bonds is 14. The lowest BCUT2D eigenvalue weighted by Crippen LogP contribution is -2.57. The lowest BCUT2D eigenvalue weighted by Gasteiger charge is -2.39. The Kier molecular flexibility index (Phi) is 9.91. The third-order valence-electron chi connectivity index (χ3n) is 7.50. The Morgan fingerprint density at radius 2 is 2.11 bits per heavy atom. The molecule has 2 amide bonds. The van der Waals surface area contributed by atoms with Crippen LogP contribution in [0.25, 0.3) is 0 Å². The number of hydrogen-bond donors (Lipinski definition) is 1. The van der Waals surface area contributed by atoms with E-state index in [9.17, 15) is 19.5 Å². The molecule has 3 saturated heterocycles. The molecule has 2 bridgehead atoms. The highest BCUT2D eigenvalue weighted by Crippen LogP contribution is 2.68. The Balaban J connectivity index is 1.97. The number of thioether (sulfide) groups is 1. The normalized spacial score (nSPS) is 31.8. The highest BCUT2D eigenvalue weighted by Gasteiger charge is 2.76. The van der Waals surface area contributed by atoms with E-state index in [2.05, 4.69) is 36.0 Å². The van der Waals surface area contributed by atoms with Crippen molar-refractivity contribution in [3.05, 3.63) is 25.3 Å². The van der Waals surface area contributed by atoms with Gasteiger partial charge < -0.3 is 19.6 Å². The number of alkyl halides is 1. The molecule has 3 aliphatic heterocycles. The number of halogens is 1. The number of nitrogens with zero attached hydrogens (tertiary/aromatic N) is 2. The number of fused-ring (bicyclic) bond motifs is 1. The average Bonchev–Trinajstić information content (AvgIpc) is 3.41. The highest BCUT2D eigenvalue weighted by atomic mass is 79.9. The molecular formula is C26H39BrN2O5S. The van der Waals surface area contributed by atoms with Gasteiger partial charge in [-0.3, -0.25) is 14.4 Å². The maximum absolute atomic E-state index is 14.2. The second-order valence-electron chi connectivity index (χ2n) is 9.79. The molecule has 196 valence electrons. The molecule has 0 aliphatic carbocycles. The van der Waals surface area contributed by atoms with E-state index in [1.54, 1.807) is 28.8 Å². The Labute approximate surface area is 221 Å². The van der Waals surface area contributed by atoms with E-state index in [0.717, 1.165) is 19.3 Å². The van der Waals surface area contributed by atoms with Crippen molar-refractivity contribution in [3.8, 4) is 0 Å². The lowest BCUT2D eigenvalue weighted by molar-refractivity contribution is -0.154. The third-order valence-corrected chi connectivity index (χ3v) is 10.7. The minimum Gasteiger partial charge on any atom is -0.465 e. The number of carbonyl (C=O) groups excluding carboxylic acids is 3. The van der Waals surface area contributed by atoms with Crippen molar-refractivity contribution in [1.29, 1.82) is 0 Å². The van der Waals surface area contributed by atoms with Crippen LogP contribution in [0.2, 0.25) is 0 Å². The first kappa shape index (κ1) is 28.3. The Bertz CT molecular complexity index is 826. The second kappa shape index (κ2) is 12.3. The molecular weight excluding hydrogens is 532 g/mol. The largest absolute Gasteiger partial charge is 0.465 e. The standard InChI is InChI=1S/C26H39BrN2O5S/c1-5-8-9-15-34-25(33)19-20-23(31)29(13-10-14-30)22(26(20)16-18(27)21(19)35-26)24(32)28(12-7-3)17(4)11-6-2/h5,7,17-22,30H,1,3,6,8-16H2,2,4H3/t17?,18?,19-,20-,21-,22?,26?/m0/s1. The van der Waals surface area contributed by atoms with Gasteiger partial charge >= 0.3 is 5.97 Å². The van der Waals surface area contributed by atoms with Crippen molar-refractivity contribution in [3.63, 3.8) is 0 Å². The first-order valence-electron chi connectivity index (χ1n) is 12.7. The fourth-order valence-electron chi connectivity index (χ4n) is 6.01. The van der Waals surface area contributed by atoms with Crippen molar-refractivity contribution in [2.75, 3.05) is 26.3 Å². The van der Waals surface area contributed by atoms with Crippen molar-refractivity contribution in [2.45, 2.75) is 79.3 Å². The topological polar surface area (TPSA) is 87.1 Å². The molecule has 3 rings (SSSR count). The summed E-state index contributed by atoms with van der Waals surface area (Å²) in [6, 6.07) is -0.677. The summed E-state index contributed by atoms with van der Waals surface area (Å²) in [7, 11) is 0. The van der Waals surface area contributed by atoms with Gasteiger partial charge in [0.25, 0.3) is 0 Å². The summed E-state index contributed by atoms with van der Waals surface area (Å²) >= 11 is 5.38. The molecule has 9 heteroatoms. The van der Waals surface area contributed by atoms with Crippen LogP contribution in [0, 0.1) is 11.8 Å². The molecule has 7 nitrogen and oxygen atoms in total. The summed E-state index contributed by atoms with van der Waals surface area (Å²) in [6.45, 7) is 12.6. The fourth-order valence-corrected chi connectivity index (χ4v) is 9.61. The van der Waals surface area contributed by atoms with Gasteiger partial charge in [0.2, 0.25) is 11.8 Å². The number of aliphatic hydroxyl groups excluding tert-OH is 1. The van der Waals surface area contributed by atoms with Crippen LogP contribution in [-0.2, 0) is 19.1 Å². The van der Waals surface area contributed by atoms with Crippen molar-refractivity contribution >= 4 is 45.5 Å². The highest BCUT2D eigenvalue weighted by molar-refractivity contribution is 9.09. The number of allylic oxidation sites excluding steroid dienone is 1. The number of carbonyl (C=O) groups is 3. The maximum atomic E-state index is 14.2. The lowest BCUT2D eigenvalue weighted by atomic mass is 9.71. The van der Waals surface area contributed by atoms with Crippen LogP contribution in [0.15, 0.2) is 25.3 Å². The predicted molar refractivity (Wildman–Crippen MR) is 142 cm³/mol. The molecule has 0 aromatic rings. The number of unbranched alkanes of at least 4 members (excludes halogenated alkanes) is 1. The van der Waals surface area contributed by atoms with E-state index in [-0.39, 0.29) is 53.7 Å². The van der Waals surface area contributed by atoms with Gasteiger partial charge in [0.15, 0.2) is 0 Å². The Hall–Kier alpha value is -1.32. The molecule has 0 saturated carbocycles. The minimum absolute atomic E-state index is 0.00439. The van der Waals surface area contributed by atoms with Crippen LogP contribution in [0.1, 0.15) is 52.4 Å². The first-order chi connectivity index (χ1) is 16.8. The molecule has 4 unspecified atom stereocenters. The SMILES string of the molecule is C=CCCCOC(=O)[C@H]1[C@H]2C(=O)N(CCCO)C(C(=O)N(CC=C)C(C)CCC)C23CC(Br)[C@@H]1S3. The van der Waals surface area contributed by atoms with Gasteiger partial charge in [-0.1, -0.05) is 41.4 Å². The molecule has 35 heavy (non-hydrogen) atoms. The summed E-state index contributed by atoms with van der Waals surface area (Å²) < 4.78 is 4.91. The summed E-state index contributed by atoms with van der Waals surface area (Å²) in [5.41, 5.74) is 0. The van der Waals surface area contributed by atoms with E-state index in [1.165, 1.54) is 0 Å². The van der Waals surface area contributed by atoms with Crippen molar-refractivity contribution < 1.29 is 24.2 Å². The number of likely N-dealkylation sites (tertiary alicyclic amines) is 1. The quantitative estimate of drug-likeness (QED) is 0.149. The minimum atomic E-state index is -0.696. The van der Waals surface area contributed by atoms with Gasteiger partial charge in [0.05, 0.1) is 23.2 Å². The molecule has 3 fully saturated rings. The number of esters is 1. The van der Waals surface area contributed by atoms with Crippen LogP contribution in [0.3, 0.4) is 0 Å². The number of amides is 2. The van der Waals surface area contributed by atoms with Crippen LogP contribution in [0.5, 0.6) is 0 Å². The molecule has 0 aromatic carbocycles. The molecule has 0 radical (unpaired) electrons. The van der Waals surface area contributed by atoms with Gasteiger partial charge in [-0.2, -0.15) is 0 Å². The maximum Gasteiger partial charge on any atom is 0.310 e. The molecule has 0 aromatic heterocycles. The van der Waals surface area contributed by atoms with Crippen LogP contribution >= 0.6 is 27.7 Å². The fraction of sp³-hybridized carbons (Fsp3) is 0.731. The van der Waals surface area contributed by atoms with Crippen LogP contribution < -0.4 is 0 Å². The number of aliphatic hydroxyl groups is 1. The zero-order chi connectivity index (χ0) is 25.8. The first-order valence-corrected chi connectivity index (χ1v) is 14.5. The summed E-state index contributed by atoms with van der Waals surface area (Å²) in [4.78, 5) is 44.8. The molecule has 3 heterocycles. The molecule has 1 spiro atoms. The zero-order valence-corrected chi connectivity index (χ0v) is 23.3. The average molecular weight is 572 g/mol. The van der Waals surface area contributed by atoms with Gasteiger partial charge in [0, 0.05) is 35.8 Å². The van der Waals surface area contributed by atoms with Crippen molar-refractivity contribution in [2.24, 2.45) is 11.8 Å². The molecule has 7 atom stereocenters. The van der Waals surface area contributed by atoms with Crippen LogP contribution in [-0.4, -0.2) is 85.9 Å². The van der Waals surface area contributed by atoms with Gasteiger partial charge in [0.1, 0.15) is 6.04 Å². The smallest absolute Gasteiger partial charge is 0.310 e. The summed E-state index contributed by atoms with van der Waals surface area (Å²) in [5.74, 6) is -1.80. The molecule has 3 aliphatic rings. The second-order valence-corrected chi connectivity index (χ2v) is 12.5. The van der Waals surface area contributed by atoms with E-state index in [4.69, 9.17) is 4.74 Å². The Morgan fingerprint density at radius 3 is 2.74 bits per heavy atom. The number of hydrogen-bond acceptors (Lipinski definition) is 6. The van der Waals surface area contributed by atoms with Gasteiger partial charge in [-0.15, -0.1) is 24.9 Å². The van der Waals surface area contributed by atoms with Gasteiger partial charge in [-0.05, 0) is 39.0 Å². The Morgan fingerprint density at radius 1 is 1.37 bits per heavy atom. The summed E-state index contributed by atoms with van der Waals surface area (Å²) in [5, 5.41) is 9.39. The monoisotopic (exact) mass is 570 g/mol. The predicted octanol–water partition coefficient (Wildman–Crippen LogP) is 3.55. The summed E-state index contributed by atoms with van der Waals surface area (Å²) in [6.07, 6.45) is 7.76.